The van der Waals surface area contributed by atoms with Gasteiger partial charge in [-0.2, -0.15) is 0 Å². The van der Waals surface area contributed by atoms with E-state index < -0.39 is 0 Å². The Labute approximate surface area is 50.6 Å². The third-order valence-corrected chi connectivity index (χ3v) is 1.06. The van der Waals surface area contributed by atoms with E-state index in [9.17, 15) is 0 Å². The van der Waals surface area contributed by atoms with Crippen molar-refractivity contribution in [2.24, 2.45) is 11.5 Å². The largest absolute Gasteiger partial charge is 0.318 e. The van der Waals surface area contributed by atoms with E-state index in [1.807, 2.05) is 4.90 Å². The van der Waals surface area contributed by atoms with Crippen LogP contribution in [-0.2, 0) is 0 Å². The maximum absolute atomic E-state index is 5.32. The molecule has 0 amide bonds. The molecule has 0 saturated carbocycles. The van der Waals surface area contributed by atoms with E-state index >= 15 is 0 Å². The molecule has 0 spiro atoms. The van der Waals surface area contributed by atoms with Gasteiger partial charge in [-0.25, -0.2) is 0 Å². The molecule has 0 rings (SSSR count). The summed E-state index contributed by atoms with van der Waals surface area (Å²) in [6, 6.07) is 0. The maximum atomic E-state index is 5.32. The molecule has 3 nitrogen and oxygen atoms in total. The Balaban J connectivity index is 3.07. The first-order chi connectivity index (χ1) is 3.85. The van der Waals surface area contributed by atoms with E-state index in [-0.39, 0.29) is 0 Å². The number of rotatable bonds is 4. The lowest BCUT2D eigenvalue weighted by atomic mass is 10.4. The van der Waals surface area contributed by atoms with Crippen LogP contribution < -0.4 is 11.5 Å². The van der Waals surface area contributed by atoms with Crippen molar-refractivity contribution in [1.82, 2.24) is 4.90 Å². The Morgan fingerprint density at radius 1 is 1.25 bits per heavy atom. The first-order valence-electron chi connectivity index (χ1n) is 2.97. The molecular formula is C5H15N3. The van der Waals surface area contributed by atoms with Gasteiger partial charge in [-0.3, -0.25) is 4.90 Å². The summed E-state index contributed by atoms with van der Waals surface area (Å²) in [7, 11) is 0. The van der Waals surface area contributed by atoms with Crippen LogP contribution in [0.5, 0.6) is 0 Å². The van der Waals surface area contributed by atoms with Gasteiger partial charge >= 0.3 is 0 Å². The molecule has 0 aromatic heterocycles. The van der Waals surface area contributed by atoms with Crippen LogP contribution in [-0.4, -0.2) is 24.8 Å². The fraction of sp³-hybridized carbons (Fsp3) is 1.00. The monoisotopic (exact) mass is 117 g/mol. The summed E-state index contributed by atoms with van der Waals surface area (Å²) in [5, 5.41) is 0. The third-order valence-electron chi connectivity index (χ3n) is 1.06. The van der Waals surface area contributed by atoms with Gasteiger partial charge in [0.2, 0.25) is 0 Å². The molecular weight excluding hydrogens is 102 g/mol. The van der Waals surface area contributed by atoms with Gasteiger partial charge in [0.1, 0.15) is 0 Å². The fourth-order valence-electron chi connectivity index (χ4n) is 0.573. The third kappa shape index (κ3) is 2.96. The molecule has 0 atom stereocenters. The van der Waals surface area contributed by atoms with Crippen LogP contribution in [0.25, 0.3) is 0 Å². The predicted octanol–water partition coefficient (Wildman–Crippen LogP) is -0.469. The Morgan fingerprint density at radius 2 is 1.75 bits per heavy atom. The van der Waals surface area contributed by atoms with E-state index in [2.05, 4.69) is 6.92 Å². The molecule has 0 saturated heterocycles. The van der Waals surface area contributed by atoms with Crippen molar-refractivity contribution >= 4 is 0 Å². The number of hydrogen-bond donors (Lipinski definition) is 2. The molecule has 0 aliphatic carbocycles. The van der Waals surface area contributed by atoms with E-state index in [1.165, 1.54) is 0 Å². The van der Waals surface area contributed by atoms with E-state index in [0.29, 0.717) is 13.3 Å². The van der Waals surface area contributed by atoms with Gasteiger partial charge < -0.3 is 11.5 Å². The standard InChI is InChI=1S/C5H15N3/c1-2-3-8(4-6)5-7/h2-7H2,1H3. The smallest absolute Gasteiger partial charge is 0.0467 e. The van der Waals surface area contributed by atoms with Crippen LogP contribution in [0.2, 0.25) is 0 Å². The lowest BCUT2D eigenvalue weighted by Crippen LogP contribution is -2.35. The second-order valence-electron chi connectivity index (χ2n) is 1.76. The van der Waals surface area contributed by atoms with E-state index in [4.69, 9.17) is 11.5 Å². The van der Waals surface area contributed by atoms with Crippen molar-refractivity contribution in [3.8, 4) is 0 Å². The highest BCUT2D eigenvalue weighted by Gasteiger charge is 1.93. The number of nitrogens with two attached hydrogens (primary N) is 2. The molecule has 4 N–H and O–H groups in total. The molecule has 0 heterocycles. The molecule has 0 aliphatic rings. The number of hydrogen-bond acceptors (Lipinski definition) is 3. The molecule has 0 aliphatic heterocycles. The Morgan fingerprint density at radius 3 is 1.88 bits per heavy atom. The molecule has 0 aromatic rings. The van der Waals surface area contributed by atoms with Gasteiger partial charge in [0.15, 0.2) is 0 Å². The zero-order valence-electron chi connectivity index (χ0n) is 5.43. The quantitative estimate of drug-likeness (QED) is 0.489. The van der Waals surface area contributed by atoms with Crippen molar-refractivity contribution in [3.63, 3.8) is 0 Å². The highest BCUT2D eigenvalue weighted by Crippen LogP contribution is 1.82. The SMILES string of the molecule is CCCN(CN)CN. The van der Waals surface area contributed by atoms with Crippen LogP contribution in [0, 0.1) is 0 Å². The molecule has 0 radical (unpaired) electrons. The molecule has 0 bridgehead atoms. The number of nitrogens with zero attached hydrogens (tertiary/aromatic N) is 1. The van der Waals surface area contributed by atoms with Gasteiger partial charge in [-0.1, -0.05) is 6.92 Å². The highest BCUT2D eigenvalue weighted by atomic mass is 15.2. The minimum absolute atomic E-state index is 0.574. The molecule has 0 aromatic carbocycles. The van der Waals surface area contributed by atoms with Crippen molar-refractivity contribution < 1.29 is 0 Å². The lowest BCUT2D eigenvalue weighted by molar-refractivity contribution is 0.290. The van der Waals surface area contributed by atoms with Gasteiger partial charge in [0.05, 0.1) is 0 Å². The summed E-state index contributed by atoms with van der Waals surface area (Å²) < 4.78 is 0. The van der Waals surface area contributed by atoms with Crippen molar-refractivity contribution in [1.29, 1.82) is 0 Å². The predicted molar refractivity (Wildman–Crippen MR) is 35.1 cm³/mol. The van der Waals surface area contributed by atoms with Crippen molar-refractivity contribution in [2.75, 3.05) is 19.9 Å². The Kier molecular flexibility index (Phi) is 4.95. The minimum atomic E-state index is 0.574. The van der Waals surface area contributed by atoms with E-state index in [1.54, 1.807) is 0 Å². The first-order valence-corrected chi connectivity index (χ1v) is 2.97. The van der Waals surface area contributed by atoms with E-state index in [0.717, 1.165) is 13.0 Å². The normalized spacial score (nSPS) is 10.5. The molecule has 3 heteroatoms. The average molecular weight is 117 g/mol. The van der Waals surface area contributed by atoms with Gasteiger partial charge in [0, 0.05) is 19.9 Å². The molecule has 0 unspecified atom stereocenters. The molecule has 0 fully saturated rings. The highest BCUT2D eigenvalue weighted by molar-refractivity contribution is 4.45. The second-order valence-corrected chi connectivity index (χ2v) is 1.76. The summed E-state index contributed by atoms with van der Waals surface area (Å²) in [5.74, 6) is 0. The van der Waals surface area contributed by atoms with Crippen LogP contribution in [0.15, 0.2) is 0 Å². The summed E-state index contributed by atoms with van der Waals surface area (Å²) in [5.41, 5.74) is 10.6. The Hall–Kier alpha value is -0.120. The van der Waals surface area contributed by atoms with Crippen LogP contribution in [0.3, 0.4) is 0 Å². The summed E-state index contributed by atoms with van der Waals surface area (Å²) >= 11 is 0. The zero-order chi connectivity index (χ0) is 6.41. The maximum Gasteiger partial charge on any atom is 0.0467 e. The van der Waals surface area contributed by atoms with Crippen molar-refractivity contribution in [3.05, 3.63) is 0 Å². The first kappa shape index (κ1) is 7.88. The van der Waals surface area contributed by atoms with Gasteiger partial charge in [-0.15, -0.1) is 0 Å². The van der Waals surface area contributed by atoms with Gasteiger partial charge in [0.25, 0.3) is 0 Å². The van der Waals surface area contributed by atoms with Crippen LogP contribution >= 0.6 is 0 Å². The van der Waals surface area contributed by atoms with Crippen molar-refractivity contribution in [2.45, 2.75) is 13.3 Å². The zero-order valence-corrected chi connectivity index (χ0v) is 5.43. The summed E-state index contributed by atoms with van der Waals surface area (Å²) in [6.07, 6.45) is 1.12. The molecule has 8 heavy (non-hydrogen) atoms. The average Bonchev–Trinajstić information content (AvgIpc) is 1.83. The topological polar surface area (TPSA) is 55.3 Å². The summed E-state index contributed by atoms with van der Waals surface area (Å²) in [4.78, 5) is 1.99. The van der Waals surface area contributed by atoms with Gasteiger partial charge in [-0.05, 0) is 6.42 Å². The molecule has 50 valence electrons. The fourth-order valence-corrected chi connectivity index (χ4v) is 0.573. The lowest BCUT2D eigenvalue weighted by Gasteiger charge is -2.15. The minimum Gasteiger partial charge on any atom is -0.318 e. The Bertz CT molecular complexity index is 42.9. The second kappa shape index (κ2) is 5.03. The van der Waals surface area contributed by atoms with Crippen LogP contribution in [0.1, 0.15) is 13.3 Å². The summed E-state index contributed by atoms with van der Waals surface area (Å²) in [6.45, 7) is 4.26. The van der Waals surface area contributed by atoms with Crippen LogP contribution in [0.4, 0.5) is 0 Å².